The highest BCUT2D eigenvalue weighted by atomic mass is 35.5. The number of rotatable bonds is 7. The van der Waals surface area contributed by atoms with E-state index in [0.29, 0.717) is 26.6 Å². The van der Waals surface area contributed by atoms with E-state index < -0.39 is 0 Å². The number of hydrogen-bond acceptors (Lipinski definition) is 5. The predicted octanol–water partition coefficient (Wildman–Crippen LogP) is 6.10. The van der Waals surface area contributed by atoms with Crippen LogP contribution in [-0.4, -0.2) is 32.6 Å². The minimum atomic E-state index is -0.276. The van der Waals surface area contributed by atoms with Crippen molar-refractivity contribution in [2.45, 2.75) is 19.0 Å². The first-order chi connectivity index (χ1) is 16.4. The van der Waals surface area contributed by atoms with Gasteiger partial charge in [-0.1, -0.05) is 88.6 Å². The fourth-order valence-corrected chi connectivity index (χ4v) is 4.32. The fourth-order valence-electron chi connectivity index (χ4n) is 3.12. The van der Waals surface area contributed by atoms with Gasteiger partial charge < -0.3 is 0 Å². The molecular formula is C25H21Cl2N5OS. The smallest absolute Gasteiger partial charge is 0.250 e. The van der Waals surface area contributed by atoms with Crippen LogP contribution in [0, 0.1) is 13.8 Å². The van der Waals surface area contributed by atoms with Crippen LogP contribution in [0.3, 0.4) is 0 Å². The lowest BCUT2D eigenvalue weighted by atomic mass is 10.1. The molecule has 1 amide bonds. The van der Waals surface area contributed by atoms with Gasteiger partial charge in [-0.3, -0.25) is 9.36 Å². The standard InChI is InChI=1S/C25H21Cl2N5OS/c1-16-3-7-18(8-4-16)24-30-31-25(32(24)21-11-5-17(2)6-12-21)34-15-23(33)29-28-14-19-9-10-20(26)13-22(19)27/h3-14H,15H2,1-2H3,(H,29,33)/b28-14+. The maximum absolute atomic E-state index is 12.4. The largest absolute Gasteiger partial charge is 0.272 e. The second-order valence-electron chi connectivity index (χ2n) is 7.59. The third-order valence-corrected chi connectivity index (χ3v) is 6.41. The first kappa shape index (κ1) is 24.0. The van der Waals surface area contributed by atoms with Gasteiger partial charge in [0.2, 0.25) is 0 Å². The number of thioether (sulfide) groups is 1. The van der Waals surface area contributed by atoms with Gasteiger partial charge in [-0.25, -0.2) is 5.43 Å². The summed E-state index contributed by atoms with van der Waals surface area (Å²) in [6.07, 6.45) is 1.48. The van der Waals surface area contributed by atoms with Crippen LogP contribution in [0.15, 0.2) is 77.0 Å². The van der Waals surface area contributed by atoms with Gasteiger partial charge in [-0.15, -0.1) is 10.2 Å². The van der Waals surface area contributed by atoms with Crippen LogP contribution in [-0.2, 0) is 4.79 Å². The number of carbonyl (C=O) groups is 1. The number of carbonyl (C=O) groups excluding carboxylic acids is 1. The Hall–Kier alpha value is -3.13. The summed E-state index contributed by atoms with van der Waals surface area (Å²) in [6, 6.07) is 21.2. The lowest BCUT2D eigenvalue weighted by molar-refractivity contribution is -0.118. The van der Waals surface area contributed by atoms with Gasteiger partial charge in [0.05, 0.1) is 17.0 Å². The Labute approximate surface area is 212 Å². The van der Waals surface area contributed by atoms with Crippen LogP contribution in [0.2, 0.25) is 10.0 Å². The van der Waals surface area contributed by atoms with E-state index in [4.69, 9.17) is 23.2 Å². The molecule has 1 heterocycles. The first-order valence-electron chi connectivity index (χ1n) is 10.4. The lowest BCUT2D eigenvalue weighted by Gasteiger charge is -2.11. The molecule has 0 aliphatic rings. The maximum Gasteiger partial charge on any atom is 0.250 e. The number of aryl methyl sites for hydroxylation is 2. The van der Waals surface area contributed by atoms with Gasteiger partial charge >= 0.3 is 0 Å². The number of amides is 1. The Morgan fingerprint density at radius 3 is 2.35 bits per heavy atom. The summed E-state index contributed by atoms with van der Waals surface area (Å²) in [5.74, 6) is 0.549. The van der Waals surface area contributed by atoms with Gasteiger partial charge in [0.1, 0.15) is 0 Å². The molecule has 6 nitrogen and oxygen atoms in total. The van der Waals surface area contributed by atoms with E-state index in [1.807, 2.05) is 66.9 Å². The van der Waals surface area contributed by atoms with E-state index in [2.05, 4.69) is 20.7 Å². The van der Waals surface area contributed by atoms with Crippen molar-refractivity contribution in [1.29, 1.82) is 0 Å². The van der Waals surface area contributed by atoms with Gasteiger partial charge in [0, 0.05) is 21.8 Å². The summed E-state index contributed by atoms with van der Waals surface area (Å²) in [5, 5.41) is 14.4. The molecule has 3 aromatic carbocycles. The van der Waals surface area contributed by atoms with Crippen LogP contribution in [0.25, 0.3) is 17.1 Å². The van der Waals surface area contributed by atoms with E-state index in [-0.39, 0.29) is 11.7 Å². The number of nitrogens with zero attached hydrogens (tertiary/aromatic N) is 4. The van der Waals surface area contributed by atoms with Crippen LogP contribution >= 0.6 is 35.0 Å². The second kappa shape index (κ2) is 10.9. The number of benzene rings is 3. The number of hydrazone groups is 1. The third-order valence-electron chi connectivity index (χ3n) is 4.92. The van der Waals surface area contributed by atoms with E-state index in [9.17, 15) is 4.79 Å². The van der Waals surface area contributed by atoms with Crippen LogP contribution in [0.5, 0.6) is 0 Å². The Bertz CT molecular complexity index is 1330. The highest BCUT2D eigenvalue weighted by Gasteiger charge is 2.17. The molecule has 0 bridgehead atoms. The Balaban J connectivity index is 1.51. The molecule has 0 fully saturated rings. The summed E-state index contributed by atoms with van der Waals surface area (Å²) >= 11 is 13.3. The summed E-state index contributed by atoms with van der Waals surface area (Å²) in [4.78, 5) is 12.4. The van der Waals surface area contributed by atoms with Crippen molar-refractivity contribution in [2.75, 3.05) is 5.75 Å². The van der Waals surface area contributed by atoms with Gasteiger partial charge in [0.25, 0.3) is 5.91 Å². The van der Waals surface area contributed by atoms with E-state index >= 15 is 0 Å². The summed E-state index contributed by atoms with van der Waals surface area (Å²) in [5.41, 5.74) is 7.35. The van der Waals surface area contributed by atoms with Gasteiger partial charge in [-0.2, -0.15) is 5.10 Å². The molecule has 34 heavy (non-hydrogen) atoms. The van der Waals surface area contributed by atoms with E-state index in [1.165, 1.54) is 18.0 Å². The van der Waals surface area contributed by atoms with E-state index in [0.717, 1.165) is 22.4 Å². The summed E-state index contributed by atoms with van der Waals surface area (Å²) in [6.45, 7) is 4.08. The molecule has 1 aromatic heterocycles. The molecule has 0 saturated carbocycles. The Morgan fingerprint density at radius 2 is 1.68 bits per heavy atom. The number of hydrogen-bond donors (Lipinski definition) is 1. The molecule has 0 unspecified atom stereocenters. The Kier molecular flexibility index (Phi) is 7.67. The normalized spacial score (nSPS) is 11.2. The van der Waals surface area contributed by atoms with Crippen molar-refractivity contribution >= 4 is 47.1 Å². The summed E-state index contributed by atoms with van der Waals surface area (Å²) < 4.78 is 1.96. The molecule has 0 spiro atoms. The number of halogens is 2. The SMILES string of the molecule is Cc1ccc(-c2nnc(SCC(=O)N/N=C/c3ccc(Cl)cc3Cl)n2-c2ccc(C)cc2)cc1. The average Bonchev–Trinajstić information content (AvgIpc) is 3.24. The molecule has 0 aliphatic carbocycles. The number of nitrogens with one attached hydrogen (secondary N) is 1. The highest BCUT2D eigenvalue weighted by molar-refractivity contribution is 7.99. The molecule has 0 radical (unpaired) electrons. The second-order valence-corrected chi connectivity index (χ2v) is 9.38. The van der Waals surface area contributed by atoms with Crippen molar-refractivity contribution in [2.24, 2.45) is 5.10 Å². The monoisotopic (exact) mass is 509 g/mol. The zero-order valence-electron chi connectivity index (χ0n) is 18.5. The van der Waals surface area contributed by atoms with Gasteiger partial charge in [-0.05, 0) is 38.1 Å². The van der Waals surface area contributed by atoms with Crippen LogP contribution in [0.1, 0.15) is 16.7 Å². The minimum Gasteiger partial charge on any atom is -0.272 e. The maximum atomic E-state index is 12.4. The van der Waals surface area contributed by atoms with Crippen molar-refractivity contribution < 1.29 is 4.79 Å². The van der Waals surface area contributed by atoms with Crippen molar-refractivity contribution in [3.05, 3.63) is 93.5 Å². The molecule has 4 aromatic rings. The van der Waals surface area contributed by atoms with Crippen molar-refractivity contribution in [3.63, 3.8) is 0 Å². The van der Waals surface area contributed by atoms with E-state index in [1.54, 1.807) is 18.2 Å². The zero-order chi connectivity index (χ0) is 24.1. The zero-order valence-corrected chi connectivity index (χ0v) is 20.8. The molecule has 1 N–H and O–H groups in total. The lowest BCUT2D eigenvalue weighted by Crippen LogP contribution is -2.20. The topological polar surface area (TPSA) is 72.2 Å². The van der Waals surface area contributed by atoms with Crippen molar-refractivity contribution in [3.8, 4) is 17.1 Å². The molecule has 9 heteroatoms. The highest BCUT2D eigenvalue weighted by Crippen LogP contribution is 2.28. The first-order valence-corrected chi connectivity index (χ1v) is 12.1. The fraction of sp³-hybridized carbons (Fsp3) is 0.120. The Morgan fingerprint density at radius 1 is 1.00 bits per heavy atom. The third kappa shape index (κ3) is 5.86. The average molecular weight is 510 g/mol. The molecule has 0 atom stereocenters. The predicted molar refractivity (Wildman–Crippen MR) is 139 cm³/mol. The molecule has 0 aliphatic heterocycles. The molecular weight excluding hydrogens is 489 g/mol. The molecule has 0 saturated heterocycles. The summed E-state index contributed by atoms with van der Waals surface area (Å²) in [7, 11) is 0. The van der Waals surface area contributed by atoms with Gasteiger partial charge in [0.15, 0.2) is 11.0 Å². The minimum absolute atomic E-state index is 0.115. The van der Waals surface area contributed by atoms with Crippen LogP contribution in [0.4, 0.5) is 0 Å². The van der Waals surface area contributed by atoms with Crippen LogP contribution < -0.4 is 5.43 Å². The number of aromatic nitrogens is 3. The quantitative estimate of drug-likeness (QED) is 0.185. The molecule has 172 valence electrons. The van der Waals surface area contributed by atoms with Crippen molar-refractivity contribution in [1.82, 2.24) is 20.2 Å². The molecule has 4 rings (SSSR count).